The van der Waals surface area contributed by atoms with Gasteiger partial charge in [0, 0.05) is 21.3 Å². The van der Waals surface area contributed by atoms with Crippen LogP contribution >= 0.6 is 0 Å². The summed E-state index contributed by atoms with van der Waals surface area (Å²) in [5, 5.41) is -0.670. The molecule has 17 heavy (non-hydrogen) atoms. The van der Waals surface area contributed by atoms with Gasteiger partial charge >= 0.3 is 8.56 Å². The van der Waals surface area contributed by atoms with Gasteiger partial charge in [-0.15, -0.1) is 0 Å². The second-order valence-corrected chi connectivity index (χ2v) is 8.47. The van der Waals surface area contributed by atoms with E-state index >= 15 is 0 Å². The summed E-state index contributed by atoms with van der Waals surface area (Å²) in [4.78, 5) is 0. The summed E-state index contributed by atoms with van der Waals surface area (Å²) in [6, 6.07) is 0.879. The Hall–Kier alpha value is 0.0169. The molecule has 0 aromatic heterocycles. The first kappa shape index (κ1) is 15.1. The largest absolute Gasteiger partial charge is 0.396 e. The second-order valence-electron chi connectivity index (χ2n) is 4.84. The van der Waals surface area contributed by atoms with Gasteiger partial charge in [0.05, 0.1) is 5.66 Å². The Kier molecular flexibility index (Phi) is 4.73. The smallest absolute Gasteiger partial charge is 0.374 e. The molecule has 0 amide bonds. The number of methoxy groups -OCH3 is 1. The number of hydrogen-bond acceptors (Lipinski definition) is 5. The van der Waals surface area contributed by atoms with Gasteiger partial charge in [-0.1, -0.05) is 13.3 Å². The summed E-state index contributed by atoms with van der Waals surface area (Å²) in [5.41, 5.74) is 11.7. The Morgan fingerprint density at radius 2 is 1.76 bits per heavy atom. The van der Waals surface area contributed by atoms with Crippen LogP contribution in [-0.2, 0) is 13.6 Å². The molecule has 1 fully saturated rings. The lowest BCUT2D eigenvalue weighted by molar-refractivity contribution is -0.0652. The third kappa shape index (κ3) is 2.07. The van der Waals surface area contributed by atoms with Crippen LogP contribution in [0.2, 0.25) is 6.04 Å². The average molecular weight is 262 g/mol. The SMILES string of the molecule is CCCC1(OC)C(N)(N)CCC[Si]1(OC)OC. The summed E-state index contributed by atoms with van der Waals surface area (Å²) in [6.45, 7) is 2.09. The molecule has 0 aliphatic carbocycles. The fraction of sp³-hybridized carbons (Fsp3) is 1.00. The number of rotatable bonds is 5. The van der Waals surface area contributed by atoms with Crippen molar-refractivity contribution < 1.29 is 13.6 Å². The fourth-order valence-corrected chi connectivity index (χ4v) is 7.27. The predicted octanol–water partition coefficient (Wildman–Crippen LogP) is 0.853. The molecule has 0 aromatic carbocycles. The van der Waals surface area contributed by atoms with Crippen molar-refractivity contribution in [3.8, 4) is 0 Å². The third-order valence-electron chi connectivity index (χ3n) is 4.07. The standard InChI is InChI=1S/C11H26N2O3Si/c1-5-7-11(14-2)10(12,13)8-6-9-17(11,15-3)16-4/h5-9,12-13H2,1-4H3. The first-order chi connectivity index (χ1) is 7.95. The van der Waals surface area contributed by atoms with Gasteiger partial charge in [-0.05, 0) is 25.3 Å². The van der Waals surface area contributed by atoms with Crippen molar-refractivity contribution in [3.63, 3.8) is 0 Å². The van der Waals surface area contributed by atoms with E-state index in [1.807, 2.05) is 0 Å². The highest BCUT2D eigenvalue weighted by molar-refractivity contribution is 6.71. The Labute approximate surface area is 105 Å². The topological polar surface area (TPSA) is 79.7 Å². The van der Waals surface area contributed by atoms with Crippen molar-refractivity contribution in [3.05, 3.63) is 0 Å². The van der Waals surface area contributed by atoms with Crippen LogP contribution in [0.5, 0.6) is 0 Å². The minimum absolute atomic E-state index is 0.670. The lowest BCUT2D eigenvalue weighted by Gasteiger charge is -2.55. The van der Waals surface area contributed by atoms with Gasteiger partial charge in [-0.3, -0.25) is 0 Å². The van der Waals surface area contributed by atoms with Crippen LogP contribution in [0.4, 0.5) is 0 Å². The zero-order valence-electron chi connectivity index (χ0n) is 11.4. The minimum Gasteiger partial charge on any atom is -0.396 e. The molecule has 102 valence electrons. The maximum absolute atomic E-state index is 6.31. The van der Waals surface area contributed by atoms with E-state index < -0.39 is 19.4 Å². The van der Waals surface area contributed by atoms with Crippen molar-refractivity contribution in [2.45, 2.75) is 49.5 Å². The van der Waals surface area contributed by atoms with E-state index in [9.17, 15) is 0 Å². The normalized spacial score (nSPS) is 31.4. The number of nitrogens with two attached hydrogens (primary N) is 2. The van der Waals surface area contributed by atoms with E-state index in [0.29, 0.717) is 0 Å². The van der Waals surface area contributed by atoms with Crippen LogP contribution in [0.1, 0.15) is 32.6 Å². The zero-order chi connectivity index (χ0) is 13.2. The third-order valence-corrected chi connectivity index (χ3v) is 8.55. The Morgan fingerprint density at radius 1 is 1.18 bits per heavy atom. The molecule has 1 unspecified atom stereocenters. The van der Waals surface area contributed by atoms with Crippen molar-refractivity contribution in [2.75, 3.05) is 21.3 Å². The summed E-state index contributed by atoms with van der Waals surface area (Å²) in [5.74, 6) is 0. The predicted molar refractivity (Wildman–Crippen MR) is 69.6 cm³/mol. The molecule has 1 aliphatic rings. The van der Waals surface area contributed by atoms with Gasteiger partial charge in [0.15, 0.2) is 0 Å². The van der Waals surface area contributed by atoms with Gasteiger partial charge < -0.3 is 25.1 Å². The van der Waals surface area contributed by atoms with E-state index in [4.69, 9.17) is 25.1 Å². The van der Waals surface area contributed by atoms with E-state index in [1.165, 1.54) is 0 Å². The minimum atomic E-state index is -2.54. The molecule has 0 aromatic rings. The lowest BCUT2D eigenvalue weighted by atomic mass is 9.94. The van der Waals surface area contributed by atoms with Crippen LogP contribution in [0.15, 0.2) is 0 Å². The van der Waals surface area contributed by atoms with Crippen LogP contribution in [0, 0.1) is 0 Å². The van der Waals surface area contributed by atoms with Gasteiger partial charge in [0.2, 0.25) is 0 Å². The van der Waals surface area contributed by atoms with Crippen molar-refractivity contribution in [1.82, 2.24) is 0 Å². The van der Waals surface area contributed by atoms with E-state index in [0.717, 1.165) is 31.7 Å². The Morgan fingerprint density at radius 3 is 2.18 bits per heavy atom. The number of ether oxygens (including phenoxy) is 1. The molecule has 0 radical (unpaired) electrons. The van der Waals surface area contributed by atoms with Crippen LogP contribution in [0.25, 0.3) is 0 Å². The van der Waals surface area contributed by atoms with Gasteiger partial charge in [0.25, 0.3) is 0 Å². The molecule has 6 heteroatoms. The van der Waals surface area contributed by atoms with E-state index in [1.54, 1.807) is 21.3 Å². The number of hydrogen-bond donors (Lipinski definition) is 2. The maximum atomic E-state index is 6.31. The van der Waals surface area contributed by atoms with Crippen LogP contribution in [-0.4, -0.2) is 40.8 Å². The van der Waals surface area contributed by atoms with Crippen molar-refractivity contribution in [1.29, 1.82) is 0 Å². The molecule has 4 N–H and O–H groups in total. The highest BCUT2D eigenvalue weighted by Gasteiger charge is 2.67. The second kappa shape index (κ2) is 5.34. The highest BCUT2D eigenvalue weighted by atomic mass is 28.4. The molecule has 1 aliphatic heterocycles. The first-order valence-corrected chi connectivity index (χ1v) is 8.21. The van der Waals surface area contributed by atoms with Gasteiger partial charge in [-0.25, -0.2) is 0 Å². The summed E-state index contributed by atoms with van der Waals surface area (Å²) >= 11 is 0. The van der Waals surface area contributed by atoms with Crippen LogP contribution in [0.3, 0.4) is 0 Å². The quantitative estimate of drug-likeness (QED) is 0.567. The molecule has 0 saturated carbocycles. The Balaban J connectivity index is 3.26. The molecular weight excluding hydrogens is 236 g/mol. The fourth-order valence-electron chi connectivity index (χ4n) is 3.21. The van der Waals surface area contributed by atoms with Gasteiger partial charge in [0.1, 0.15) is 5.22 Å². The molecule has 1 rings (SSSR count). The molecule has 1 atom stereocenters. The molecule has 1 saturated heterocycles. The molecule has 0 bridgehead atoms. The monoisotopic (exact) mass is 262 g/mol. The van der Waals surface area contributed by atoms with Crippen molar-refractivity contribution in [2.24, 2.45) is 11.5 Å². The Bertz CT molecular complexity index is 259. The van der Waals surface area contributed by atoms with E-state index in [2.05, 4.69) is 6.92 Å². The zero-order valence-corrected chi connectivity index (χ0v) is 12.4. The molecule has 5 nitrogen and oxygen atoms in total. The molecule has 1 heterocycles. The van der Waals surface area contributed by atoms with E-state index in [-0.39, 0.29) is 0 Å². The molecule has 0 spiro atoms. The maximum Gasteiger partial charge on any atom is 0.374 e. The molecular formula is C11H26N2O3Si. The highest BCUT2D eigenvalue weighted by Crippen LogP contribution is 2.45. The summed E-state index contributed by atoms with van der Waals surface area (Å²) in [6.07, 6.45) is 3.37. The van der Waals surface area contributed by atoms with Gasteiger partial charge in [-0.2, -0.15) is 0 Å². The summed E-state index contributed by atoms with van der Waals surface area (Å²) in [7, 11) is 2.49. The first-order valence-electron chi connectivity index (χ1n) is 6.18. The average Bonchev–Trinajstić information content (AvgIpc) is 2.31. The van der Waals surface area contributed by atoms with Crippen molar-refractivity contribution >= 4 is 8.56 Å². The summed E-state index contributed by atoms with van der Waals surface area (Å²) < 4.78 is 17.3. The van der Waals surface area contributed by atoms with Crippen LogP contribution < -0.4 is 11.5 Å². The lowest BCUT2D eigenvalue weighted by Crippen LogP contribution is -2.81.